The molecule has 1 aromatic carbocycles. The molecule has 3 heterocycles. The average molecular weight is 391 g/mol. The van der Waals surface area contributed by atoms with Crippen LogP contribution >= 0.6 is 0 Å². The molecule has 1 saturated carbocycles. The summed E-state index contributed by atoms with van der Waals surface area (Å²) in [5.41, 5.74) is 1.12. The van der Waals surface area contributed by atoms with Crippen molar-refractivity contribution in [2.75, 3.05) is 19.7 Å². The summed E-state index contributed by atoms with van der Waals surface area (Å²) >= 11 is 0. The summed E-state index contributed by atoms with van der Waals surface area (Å²) in [5.74, 6) is 0.141. The van der Waals surface area contributed by atoms with Crippen molar-refractivity contribution in [2.45, 2.75) is 36.8 Å². The van der Waals surface area contributed by atoms with Crippen LogP contribution in [0.1, 0.15) is 41.2 Å². The first-order valence-electron chi connectivity index (χ1n) is 10.3. The van der Waals surface area contributed by atoms with Crippen LogP contribution in [-0.2, 0) is 4.79 Å². The molecule has 1 aromatic heterocycles. The summed E-state index contributed by atoms with van der Waals surface area (Å²) in [6, 6.07) is 15.2. The lowest BCUT2D eigenvalue weighted by molar-refractivity contribution is -0.199. The second kappa shape index (κ2) is 6.95. The normalized spacial score (nSPS) is 25.1. The van der Waals surface area contributed by atoms with Gasteiger partial charge in [0.05, 0.1) is 18.2 Å². The van der Waals surface area contributed by atoms with E-state index in [2.05, 4.69) is 17.1 Å². The summed E-state index contributed by atoms with van der Waals surface area (Å²) in [5, 5.41) is 10.1. The van der Waals surface area contributed by atoms with E-state index in [1.165, 1.54) is 0 Å². The third-order valence-corrected chi connectivity index (χ3v) is 6.91. The summed E-state index contributed by atoms with van der Waals surface area (Å²) in [7, 11) is 0. The molecule has 1 spiro atoms. The number of rotatable bonds is 4. The minimum atomic E-state index is -0.425. The molecular formula is C23H25N3O3. The molecule has 3 aliphatic rings. The van der Waals surface area contributed by atoms with Gasteiger partial charge in [0.15, 0.2) is 0 Å². The van der Waals surface area contributed by atoms with E-state index in [9.17, 15) is 14.7 Å². The maximum Gasteiger partial charge on any atom is 0.272 e. The molecule has 1 N–H and O–H groups in total. The number of likely N-dealkylation sites (tertiary alicyclic amines) is 2. The van der Waals surface area contributed by atoms with E-state index >= 15 is 0 Å². The average Bonchev–Trinajstić information content (AvgIpc) is 2.66. The molecule has 2 aliphatic heterocycles. The van der Waals surface area contributed by atoms with Crippen LogP contribution in [0.3, 0.4) is 0 Å². The van der Waals surface area contributed by atoms with Crippen molar-refractivity contribution in [3.63, 3.8) is 0 Å². The van der Waals surface area contributed by atoms with Crippen LogP contribution in [0.15, 0.2) is 54.7 Å². The Kier molecular flexibility index (Phi) is 4.39. The van der Waals surface area contributed by atoms with Crippen LogP contribution in [0.5, 0.6) is 0 Å². The number of amides is 2. The predicted octanol–water partition coefficient (Wildman–Crippen LogP) is 2.06. The molecule has 0 unspecified atom stereocenters. The summed E-state index contributed by atoms with van der Waals surface area (Å²) in [6.07, 6.45) is 4.56. The summed E-state index contributed by atoms with van der Waals surface area (Å²) in [6.45, 7) is 0.905. The van der Waals surface area contributed by atoms with Gasteiger partial charge in [-0.1, -0.05) is 42.8 Å². The molecule has 2 saturated heterocycles. The number of carbonyl (C=O) groups is 2. The Morgan fingerprint density at radius 1 is 1.07 bits per heavy atom. The molecule has 5 rings (SSSR count). The van der Waals surface area contributed by atoms with Crippen molar-refractivity contribution in [2.24, 2.45) is 5.92 Å². The number of carbonyl (C=O) groups excluding carboxylic acids is 2. The standard InChI is InChI=1S/C23H25N3O3/c27-13-19-20(16-7-2-1-3-8-16)23(26(19)21(28)17-9-6-10-17)14-25(15-23)22(29)18-11-4-5-12-24-18/h1-5,7-8,11-12,17,19-20,27H,6,9-10,13-15H2/t19-,20+/m0/s1. The Balaban J connectivity index is 1.44. The quantitative estimate of drug-likeness (QED) is 0.866. The van der Waals surface area contributed by atoms with E-state index in [1.54, 1.807) is 29.3 Å². The highest BCUT2D eigenvalue weighted by molar-refractivity contribution is 5.93. The fourth-order valence-corrected chi connectivity index (χ4v) is 5.28. The number of aliphatic hydroxyl groups is 1. The van der Waals surface area contributed by atoms with Gasteiger partial charge >= 0.3 is 0 Å². The Labute approximate surface area is 170 Å². The molecular weight excluding hydrogens is 366 g/mol. The Hall–Kier alpha value is -2.73. The molecule has 2 aromatic rings. The van der Waals surface area contributed by atoms with Gasteiger partial charge in [-0.05, 0) is 30.5 Å². The van der Waals surface area contributed by atoms with Gasteiger partial charge in [0.2, 0.25) is 5.91 Å². The van der Waals surface area contributed by atoms with Gasteiger partial charge in [0.25, 0.3) is 5.91 Å². The Bertz CT molecular complexity index is 907. The van der Waals surface area contributed by atoms with Gasteiger partial charge in [0, 0.05) is 31.1 Å². The molecule has 1 aliphatic carbocycles. The molecule has 2 atom stereocenters. The number of aliphatic hydroxyl groups excluding tert-OH is 1. The second-order valence-electron chi connectivity index (χ2n) is 8.45. The summed E-state index contributed by atoms with van der Waals surface area (Å²) in [4.78, 5) is 33.9. The lowest BCUT2D eigenvalue weighted by Gasteiger charge is -2.71. The van der Waals surface area contributed by atoms with Crippen molar-refractivity contribution in [3.05, 3.63) is 66.0 Å². The zero-order chi connectivity index (χ0) is 20.0. The van der Waals surface area contributed by atoms with Crippen LogP contribution in [0, 0.1) is 5.92 Å². The third-order valence-electron chi connectivity index (χ3n) is 6.91. The van der Waals surface area contributed by atoms with Gasteiger partial charge < -0.3 is 14.9 Å². The maximum atomic E-state index is 13.2. The molecule has 6 heteroatoms. The molecule has 29 heavy (non-hydrogen) atoms. The number of aromatic nitrogens is 1. The largest absolute Gasteiger partial charge is 0.394 e. The molecule has 0 bridgehead atoms. The maximum absolute atomic E-state index is 13.2. The van der Waals surface area contributed by atoms with E-state index in [-0.39, 0.29) is 36.3 Å². The van der Waals surface area contributed by atoms with Gasteiger partial charge in [-0.3, -0.25) is 14.6 Å². The Morgan fingerprint density at radius 2 is 1.79 bits per heavy atom. The molecule has 0 radical (unpaired) electrons. The fourth-order valence-electron chi connectivity index (χ4n) is 5.28. The van der Waals surface area contributed by atoms with Gasteiger partial charge in [-0.25, -0.2) is 0 Å². The lowest BCUT2D eigenvalue weighted by Crippen LogP contribution is -2.86. The Morgan fingerprint density at radius 3 is 2.38 bits per heavy atom. The molecule has 6 nitrogen and oxygen atoms in total. The monoisotopic (exact) mass is 391 g/mol. The van der Waals surface area contributed by atoms with Gasteiger partial charge in [0.1, 0.15) is 5.69 Å². The van der Waals surface area contributed by atoms with Crippen molar-refractivity contribution in [3.8, 4) is 0 Å². The third kappa shape index (κ3) is 2.69. The lowest BCUT2D eigenvalue weighted by atomic mass is 9.59. The van der Waals surface area contributed by atoms with Crippen LogP contribution in [0.25, 0.3) is 0 Å². The van der Waals surface area contributed by atoms with Crippen molar-refractivity contribution in [1.29, 1.82) is 0 Å². The fraction of sp³-hybridized carbons (Fsp3) is 0.435. The second-order valence-corrected chi connectivity index (χ2v) is 8.45. The first-order chi connectivity index (χ1) is 14.2. The first-order valence-corrected chi connectivity index (χ1v) is 10.3. The number of hydrogen-bond donors (Lipinski definition) is 1. The highest BCUT2D eigenvalue weighted by atomic mass is 16.3. The SMILES string of the molecule is O=C(c1ccccn1)N1CC2(C1)[C@H](c1ccccc1)[C@H](CO)N2C(=O)C1CCC1. The minimum Gasteiger partial charge on any atom is -0.394 e. The van der Waals surface area contributed by atoms with Gasteiger partial charge in [-0.15, -0.1) is 0 Å². The zero-order valence-electron chi connectivity index (χ0n) is 16.3. The predicted molar refractivity (Wildman–Crippen MR) is 107 cm³/mol. The minimum absolute atomic E-state index is 0.0329. The van der Waals surface area contributed by atoms with Crippen molar-refractivity contribution in [1.82, 2.24) is 14.8 Å². The van der Waals surface area contributed by atoms with Crippen LogP contribution in [0.4, 0.5) is 0 Å². The molecule has 150 valence electrons. The number of hydrogen-bond acceptors (Lipinski definition) is 4. The van der Waals surface area contributed by atoms with Crippen molar-refractivity contribution < 1.29 is 14.7 Å². The van der Waals surface area contributed by atoms with Crippen LogP contribution < -0.4 is 0 Å². The molecule has 3 fully saturated rings. The first kappa shape index (κ1) is 18.3. The van der Waals surface area contributed by atoms with E-state index in [1.807, 2.05) is 23.1 Å². The number of benzene rings is 1. The van der Waals surface area contributed by atoms with Crippen molar-refractivity contribution >= 4 is 11.8 Å². The van der Waals surface area contributed by atoms with Gasteiger partial charge in [-0.2, -0.15) is 0 Å². The zero-order valence-corrected chi connectivity index (χ0v) is 16.3. The summed E-state index contributed by atoms with van der Waals surface area (Å²) < 4.78 is 0. The van der Waals surface area contributed by atoms with E-state index in [0.29, 0.717) is 18.8 Å². The van der Waals surface area contributed by atoms with Crippen LogP contribution in [0.2, 0.25) is 0 Å². The van der Waals surface area contributed by atoms with Crippen LogP contribution in [-0.4, -0.2) is 63.0 Å². The highest BCUT2D eigenvalue weighted by Crippen LogP contribution is 2.55. The van der Waals surface area contributed by atoms with E-state index in [4.69, 9.17) is 0 Å². The number of nitrogens with zero attached hydrogens (tertiary/aromatic N) is 3. The number of pyridine rings is 1. The highest BCUT2D eigenvalue weighted by Gasteiger charge is 2.68. The smallest absolute Gasteiger partial charge is 0.272 e. The van der Waals surface area contributed by atoms with E-state index in [0.717, 1.165) is 24.8 Å². The topological polar surface area (TPSA) is 73.7 Å². The van der Waals surface area contributed by atoms with E-state index < -0.39 is 5.54 Å². The molecule has 2 amide bonds.